The van der Waals surface area contributed by atoms with Crippen LogP contribution in [0.4, 0.5) is 17.8 Å². The van der Waals surface area contributed by atoms with Crippen LogP contribution in [0.5, 0.6) is 0 Å². The number of aliphatic hydroxyl groups is 1. The Bertz CT molecular complexity index is 530. The van der Waals surface area contributed by atoms with Crippen molar-refractivity contribution in [2.75, 3.05) is 36.6 Å². The lowest BCUT2D eigenvalue weighted by atomic mass is 10.2. The van der Waals surface area contributed by atoms with Gasteiger partial charge in [0.1, 0.15) is 0 Å². The Kier molecular flexibility index (Phi) is 4.13. The number of nitrogens with zero attached hydrogens (tertiary/aromatic N) is 4. The fourth-order valence-electron chi connectivity index (χ4n) is 1.43. The second kappa shape index (κ2) is 5.81. The number of hydrogen-bond acceptors (Lipinski definition) is 8. The van der Waals surface area contributed by atoms with Gasteiger partial charge in [-0.2, -0.15) is 26.3 Å². The average molecular weight is 280 g/mol. The lowest BCUT2D eigenvalue weighted by Crippen LogP contribution is -2.18. The van der Waals surface area contributed by atoms with Gasteiger partial charge in [0, 0.05) is 20.6 Å². The van der Waals surface area contributed by atoms with Crippen molar-refractivity contribution in [3.05, 3.63) is 22.4 Å². The Morgan fingerprint density at radius 3 is 2.84 bits per heavy atom. The van der Waals surface area contributed by atoms with Crippen molar-refractivity contribution in [3.8, 4) is 0 Å². The molecule has 0 fully saturated rings. The van der Waals surface area contributed by atoms with Crippen LogP contribution in [0.15, 0.2) is 16.8 Å². The molecule has 0 aliphatic carbocycles. The molecular weight excluding hydrogens is 264 g/mol. The smallest absolute Gasteiger partial charge is 0.231 e. The summed E-state index contributed by atoms with van der Waals surface area (Å²) in [5.74, 6) is 0.969. The maximum atomic E-state index is 9.95. The van der Waals surface area contributed by atoms with Crippen LogP contribution in [0.25, 0.3) is 0 Å². The van der Waals surface area contributed by atoms with Crippen LogP contribution in [0.3, 0.4) is 0 Å². The highest BCUT2D eigenvalue weighted by Gasteiger charge is 2.10. The molecule has 0 spiro atoms. The molecule has 0 aliphatic rings. The predicted molar refractivity (Wildman–Crippen MR) is 76.3 cm³/mol. The molecule has 0 amide bonds. The van der Waals surface area contributed by atoms with E-state index in [0.29, 0.717) is 18.4 Å². The fourth-order valence-corrected chi connectivity index (χ4v) is 2.14. The van der Waals surface area contributed by atoms with E-state index >= 15 is 0 Å². The third-order valence-electron chi connectivity index (χ3n) is 2.42. The molecule has 0 aliphatic heterocycles. The molecule has 0 radical (unpaired) electrons. The highest BCUT2D eigenvalue weighted by Crippen LogP contribution is 2.17. The topological polar surface area (TPSA) is 100 Å². The first-order valence-corrected chi connectivity index (χ1v) is 6.63. The van der Waals surface area contributed by atoms with Gasteiger partial charge in [0.2, 0.25) is 17.8 Å². The van der Waals surface area contributed by atoms with Crippen LogP contribution in [0, 0.1) is 0 Å². The van der Waals surface area contributed by atoms with Gasteiger partial charge in [-0.15, -0.1) is 0 Å². The van der Waals surface area contributed by atoms with Crippen molar-refractivity contribution in [3.63, 3.8) is 0 Å². The summed E-state index contributed by atoms with van der Waals surface area (Å²) in [6, 6.07) is 1.88. The van der Waals surface area contributed by atoms with E-state index < -0.39 is 6.10 Å². The van der Waals surface area contributed by atoms with Gasteiger partial charge >= 0.3 is 0 Å². The molecule has 2 aromatic heterocycles. The number of thiophene rings is 1. The highest BCUT2D eigenvalue weighted by atomic mass is 32.1. The Hall–Kier alpha value is -1.93. The van der Waals surface area contributed by atoms with E-state index in [2.05, 4.69) is 20.3 Å². The van der Waals surface area contributed by atoms with E-state index in [9.17, 15) is 5.11 Å². The van der Waals surface area contributed by atoms with Crippen molar-refractivity contribution in [2.24, 2.45) is 0 Å². The molecule has 7 nitrogen and oxygen atoms in total. The fraction of sp³-hybridized carbons (Fsp3) is 0.364. The van der Waals surface area contributed by atoms with Gasteiger partial charge in [-0.1, -0.05) is 0 Å². The van der Waals surface area contributed by atoms with E-state index in [1.165, 1.54) is 0 Å². The Morgan fingerprint density at radius 1 is 1.42 bits per heavy atom. The standard InChI is InChI=1S/C11H16N6OS/c1-17(2)11-15-9(12)14-10(16-11)13-5-8(18)7-3-4-19-6-7/h3-4,6,8,18H,5H2,1-2H3,(H3,12,13,14,15,16). The molecule has 102 valence electrons. The molecular formula is C11H16N6OS. The number of anilines is 3. The Morgan fingerprint density at radius 2 is 2.21 bits per heavy atom. The van der Waals surface area contributed by atoms with Crippen LogP contribution in [0.2, 0.25) is 0 Å². The number of nitrogens with one attached hydrogen (secondary N) is 1. The normalized spacial score (nSPS) is 12.2. The first-order valence-electron chi connectivity index (χ1n) is 5.69. The lowest BCUT2D eigenvalue weighted by molar-refractivity contribution is 0.192. The Labute approximate surface area is 115 Å². The van der Waals surface area contributed by atoms with Gasteiger partial charge in [-0.25, -0.2) is 0 Å². The van der Waals surface area contributed by atoms with Crippen LogP contribution >= 0.6 is 11.3 Å². The molecule has 2 aromatic rings. The number of rotatable bonds is 5. The molecule has 2 heterocycles. The molecule has 8 heteroatoms. The highest BCUT2D eigenvalue weighted by molar-refractivity contribution is 7.07. The van der Waals surface area contributed by atoms with Crippen LogP contribution < -0.4 is 16.0 Å². The van der Waals surface area contributed by atoms with Gasteiger partial charge in [0.05, 0.1) is 6.10 Å². The zero-order valence-electron chi connectivity index (χ0n) is 10.7. The third kappa shape index (κ3) is 3.52. The second-order valence-electron chi connectivity index (χ2n) is 4.17. The average Bonchev–Trinajstić information content (AvgIpc) is 2.89. The number of nitrogen functional groups attached to an aromatic ring is 1. The molecule has 1 atom stereocenters. The van der Waals surface area contributed by atoms with Gasteiger partial charge in [-0.05, 0) is 22.4 Å². The first-order chi connectivity index (χ1) is 9.06. The molecule has 1 unspecified atom stereocenters. The molecule has 0 saturated heterocycles. The maximum Gasteiger partial charge on any atom is 0.231 e. The van der Waals surface area contributed by atoms with Crippen molar-refractivity contribution in [2.45, 2.75) is 6.10 Å². The molecule has 0 aromatic carbocycles. The largest absolute Gasteiger partial charge is 0.387 e. The number of aromatic nitrogens is 3. The summed E-state index contributed by atoms with van der Waals surface area (Å²) in [5.41, 5.74) is 6.48. The van der Waals surface area contributed by atoms with Crippen LogP contribution in [-0.2, 0) is 0 Å². The van der Waals surface area contributed by atoms with E-state index in [1.807, 2.05) is 30.9 Å². The van der Waals surface area contributed by atoms with Crippen LogP contribution in [0.1, 0.15) is 11.7 Å². The summed E-state index contributed by atoms with van der Waals surface area (Å²) in [4.78, 5) is 13.9. The SMILES string of the molecule is CN(C)c1nc(N)nc(NCC(O)c2ccsc2)n1. The van der Waals surface area contributed by atoms with Gasteiger partial charge in [-0.3, -0.25) is 0 Å². The minimum atomic E-state index is -0.605. The Balaban J connectivity index is 2.03. The molecule has 0 saturated carbocycles. The zero-order chi connectivity index (χ0) is 13.8. The third-order valence-corrected chi connectivity index (χ3v) is 3.12. The van der Waals surface area contributed by atoms with Gasteiger partial charge in [0.25, 0.3) is 0 Å². The lowest BCUT2D eigenvalue weighted by Gasteiger charge is -2.13. The quantitative estimate of drug-likeness (QED) is 0.742. The summed E-state index contributed by atoms with van der Waals surface area (Å²) in [7, 11) is 3.64. The molecule has 19 heavy (non-hydrogen) atoms. The minimum Gasteiger partial charge on any atom is -0.387 e. The molecule has 2 rings (SSSR count). The summed E-state index contributed by atoms with van der Waals surface area (Å²) in [6.45, 7) is 0.313. The van der Waals surface area contributed by atoms with E-state index in [1.54, 1.807) is 16.2 Å². The van der Waals surface area contributed by atoms with Crippen molar-refractivity contribution >= 4 is 29.2 Å². The second-order valence-corrected chi connectivity index (χ2v) is 4.95. The number of aliphatic hydroxyl groups excluding tert-OH is 1. The van der Waals surface area contributed by atoms with E-state index in [4.69, 9.17) is 5.73 Å². The number of hydrogen-bond donors (Lipinski definition) is 3. The zero-order valence-corrected chi connectivity index (χ0v) is 11.6. The van der Waals surface area contributed by atoms with Crippen molar-refractivity contribution in [1.82, 2.24) is 15.0 Å². The van der Waals surface area contributed by atoms with Crippen LogP contribution in [-0.4, -0.2) is 40.7 Å². The van der Waals surface area contributed by atoms with E-state index in [0.717, 1.165) is 5.56 Å². The minimum absolute atomic E-state index is 0.145. The van der Waals surface area contributed by atoms with E-state index in [-0.39, 0.29) is 5.95 Å². The van der Waals surface area contributed by atoms with Crippen molar-refractivity contribution in [1.29, 1.82) is 0 Å². The maximum absolute atomic E-state index is 9.95. The monoisotopic (exact) mass is 280 g/mol. The molecule has 4 N–H and O–H groups in total. The van der Waals surface area contributed by atoms with Crippen molar-refractivity contribution < 1.29 is 5.11 Å². The van der Waals surface area contributed by atoms with Gasteiger partial charge < -0.3 is 21.1 Å². The first kappa shape index (κ1) is 13.5. The molecule has 0 bridgehead atoms. The summed E-state index contributed by atoms with van der Waals surface area (Å²) in [5, 5.41) is 16.7. The van der Waals surface area contributed by atoms with Gasteiger partial charge in [0.15, 0.2) is 0 Å². The predicted octanol–water partition coefficient (Wildman–Crippen LogP) is 0.727. The summed E-state index contributed by atoms with van der Waals surface area (Å²) in [6.07, 6.45) is -0.605. The summed E-state index contributed by atoms with van der Waals surface area (Å²) >= 11 is 1.54. The number of nitrogens with two attached hydrogens (primary N) is 1. The summed E-state index contributed by atoms with van der Waals surface area (Å²) < 4.78 is 0.